The number of ketones is 1. The van der Waals surface area contributed by atoms with E-state index in [-0.39, 0.29) is 23.4 Å². The molecule has 1 aliphatic carbocycles. The first-order valence-electron chi connectivity index (χ1n) is 10.2. The van der Waals surface area contributed by atoms with Gasteiger partial charge in [0.1, 0.15) is 11.9 Å². The van der Waals surface area contributed by atoms with E-state index in [1.807, 2.05) is 16.7 Å². The van der Waals surface area contributed by atoms with E-state index in [9.17, 15) is 9.18 Å². The van der Waals surface area contributed by atoms with Crippen LogP contribution in [0.1, 0.15) is 46.7 Å². The Kier molecular flexibility index (Phi) is 6.01. The Morgan fingerprint density at radius 1 is 1.13 bits per heavy atom. The number of thioether (sulfide) groups is 1. The molecule has 0 spiro atoms. The van der Waals surface area contributed by atoms with Gasteiger partial charge in [0.25, 0.3) is 0 Å². The van der Waals surface area contributed by atoms with E-state index >= 15 is 0 Å². The third-order valence-electron chi connectivity index (χ3n) is 5.75. The Balaban J connectivity index is 1.59. The maximum absolute atomic E-state index is 13.5. The van der Waals surface area contributed by atoms with Gasteiger partial charge in [0, 0.05) is 11.3 Å². The summed E-state index contributed by atoms with van der Waals surface area (Å²) in [5, 5.41) is 9.40. The van der Waals surface area contributed by atoms with Crippen LogP contribution in [0.3, 0.4) is 0 Å². The van der Waals surface area contributed by atoms with Gasteiger partial charge in [0.2, 0.25) is 0 Å². The van der Waals surface area contributed by atoms with Crippen LogP contribution < -0.4 is 4.90 Å². The standard InChI is InChI=1S/C23H25FN4OS/c1-15(27(2)3)22-25-26-23(28(22)20-11-9-19(24)10-12-20)30-14-21(29)18-8-7-16-5-4-6-17(16)13-18/h7-13,15H,4-6,14H2,1-3H3/p+1/t15-/m0/s1. The van der Waals surface area contributed by atoms with Crippen molar-refractivity contribution in [2.75, 3.05) is 19.8 Å². The summed E-state index contributed by atoms with van der Waals surface area (Å²) in [6.07, 6.45) is 3.32. The fourth-order valence-electron chi connectivity index (χ4n) is 3.70. The number of carbonyl (C=O) groups is 1. The van der Waals surface area contributed by atoms with Gasteiger partial charge in [-0.05, 0) is 67.6 Å². The van der Waals surface area contributed by atoms with Crippen molar-refractivity contribution in [1.29, 1.82) is 0 Å². The van der Waals surface area contributed by atoms with Crippen molar-refractivity contribution in [3.05, 3.63) is 70.8 Å². The summed E-state index contributed by atoms with van der Waals surface area (Å²) in [7, 11) is 4.11. The van der Waals surface area contributed by atoms with Gasteiger partial charge in [-0.25, -0.2) is 4.39 Å². The van der Waals surface area contributed by atoms with Crippen molar-refractivity contribution in [2.24, 2.45) is 0 Å². The average Bonchev–Trinajstić information content (AvgIpc) is 3.38. The van der Waals surface area contributed by atoms with E-state index in [1.165, 1.54) is 39.9 Å². The molecule has 30 heavy (non-hydrogen) atoms. The van der Waals surface area contributed by atoms with Crippen molar-refractivity contribution >= 4 is 17.5 Å². The topological polar surface area (TPSA) is 52.2 Å². The first kappa shape index (κ1) is 20.8. The zero-order chi connectivity index (χ0) is 21.3. The highest BCUT2D eigenvalue weighted by molar-refractivity contribution is 7.99. The molecular weight excluding hydrogens is 399 g/mol. The molecule has 1 heterocycles. The van der Waals surface area contributed by atoms with Crippen molar-refractivity contribution < 1.29 is 14.1 Å². The summed E-state index contributed by atoms with van der Waals surface area (Å²) in [4.78, 5) is 14.0. The monoisotopic (exact) mass is 425 g/mol. The fourth-order valence-corrected chi connectivity index (χ4v) is 4.56. The highest BCUT2D eigenvalue weighted by atomic mass is 32.2. The van der Waals surface area contributed by atoms with Crippen LogP contribution in [0, 0.1) is 5.82 Å². The number of halogens is 1. The van der Waals surface area contributed by atoms with Gasteiger partial charge in [-0.15, -0.1) is 10.2 Å². The largest absolute Gasteiger partial charge is 0.331 e. The van der Waals surface area contributed by atoms with Gasteiger partial charge in [0.05, 0.1) is 19.8 Å². The van der Waals surface area contributed by atoms with Crippen LogP contribution in [0.4, 0.5) is 4.39 Å². The van der Waals surface area contributed by atoms with E-state index in [1.54, 1.807) is 12.1 Å². The maximum Gasteiger partial charge on any atom is 0.196 e. The van der Waals surface area contributed by atoms with Crippen LogP contribution in [0.25, 0.3) is 5.69 Å². The Bertz CT molecular complexity index is 1060. The van der Waals surface area contributed by atoms with E-state index in [0.717, 1.165) is 36.3 Å². The van der Waals surface area contributed by atoms with Crippen molar-refractivity contribution in [2.45, 2.75) is 37.4 Å². The van der Waals surface area contributed by atoms with Gasteiger partial charge in [-0.3, -0.25) is 9.36 Å². The molecule has 0 fully saturated rings. The Morgan fingerprint density at radius 2 is 1.87 bits per heavy atom. The lowest BCUT2D eigenvalue weighted by molar-refractivity contribution is -0.890. The number of hydrogen-bond acceptors (Lipinski definition) is 4. The molecule has 0 amide bonds. The number of nitrogens with one attached hydrogen (secondary N) is 1. The highest BCUT2D eigenvalue weighted by Gasteiger charge is 2.24. The van der Waals surface area contributed by atoms with Crippen molar-refractivity contribution in [3.63, 3.8) is 0 Å². The summed E-state index contributed by atoms with van der Waals surface area (Å²) in [6, 6.07) is 12.4. The molecule has 0 bridgehead atoms. The first-order valence-corrected chi connectivity index (χ1v) is 11.2. The molecule has 1 N–H and O–H groups in total. The molecule has 0 radical (unpaired) electrons. The molecule has 0 aliphatic heterocycles. The molecule has 1 aliphatic rings. The number of rotatable bonds is 7. The third kappa shape index (κ3) is 4.18. The predicted molar refractivity (Wildman–Crippen MR) is 116 cm³/mol. The van der Waals surface area contributed by atoms with Crippen LogP contribution in [0.15, 0.2) is 47.6 Å². The van der Waals surface area contributed by atoms with E-state index in [2.05, 4.69) is 37.3 Å². The molecule has 7 heteroatoms. The van der Waals surface area contributed by atoms with Gasteiger partial charge in [-0.1, -0.05) is 23.9 Å². The molecule has 5 nitrogen and oxygen atoms in total. The normalized spacial score (nSPS) is 14.2. The van der Waals surface area contributed by atoms with E-state index in [4.69, 9.17) is 0 Å². The fraction of sp³-hybridized carbons (Fsp3) is 0.348. The van der Waals surface area contributed by atoms with Crippen LogP contribution in [0.2, 0.25) is 0 Å². The number of aromatic nitrogens is 3. The second-order valence-corrected chi connectivity index (χ2v) is 8.94. The first-order chi connectivity index (χ1) is 14.4. The van der Waals surface area contributed by atoms with E-state index in [0.29, 0.717) is 5.16 Å². The number of quaternary nitrogens is 1. The van der Waals surface area contributed by atoms with Crippen molar-refractivity contribution in [3.8, 4) is 5.69 Å². The smallest absolute Gasteiger partial charge is 0.196 e. The van der Waals surface area contributed by atoms with Gasteiger partial charge in [0.15, 0.2) is 16.8 Å². The number of Topliss-reactive ketones (excluding diaryl/α,β-unsaturated/α-hetero) is 1. The number of aryl methyl sites for hydroxylation is 2. The summed E-state index contributed by atoms with van der Waals surface area (Å²) in [5.74, 6) is 0.854. The Morgan fingerprint density at radius 3 is 2.60 bits per heavy atom. The van der Waals surface area contributed by atoms with Crippen LogP contribution in [-0.4, -0.2) is 40.4 Å². The summed E-state index contributed by atoms with van der Waals surface area (Å²) >= 11 is 1.37. The predicted octanol–water partition coefficient (Wildman–Crippen LogP) is 3.08. The molecular formula is C23H26FN4OS+. The minimum atomic E-state index is -0.291. The minimum Gasteiger partial charge on any atom is -0.331 e. The zero-order valence-corrected chi connectivity index (χ0v) is 18.3. The van der Waals surface area contributed by atoms with Gasteiger partial charge in [-0.2, -0.15) is 0 Å². The lowest BCUT2D eigenvalue weighted by atomic mass is 10.0. The SMILES string of the molecule is C[C@@H](c1nnc(SCC(=O)c2ccc3c(c2)CCC3)n1-c1ccc(F)cc1)[NH+](C)C. The molecule has 2 aromatic carbocycles. The molecule has 0 saturated carbocycles. The lowest BCUT2D eigenvalue weighted by Gasteiger charge is -2.18. The molecule has 0 saturated heterocycles. The maximum atomic E-state index is 13.5. The third-order valence-corrected chi connectivity index (χ3v) is 6.68. The quantitative estimate of drug-likeness (QED) is 0.467. The summed E-state index contributed by atoms with van der Waals surface area (Å²) in [6.45, 7) is 2.07. The van der Waals surface area contributed by atoms with Gasteiger partial charge < -0.3 is 4.90 Å². The molecule has 1 aromatic heterocycles. The van der Waals surface area contributed by atoms with Gasteiger partial charge >= 0.3 is 0 Å². The molecule has 1 atom stereocenters. The molecule has 156 valence electrons. The van der Waals surface area contributed by atoms with Crippen LogP contribution in [-0.2, 0) is 12.8 Å². The van der Waals surface area contributed by atoms with Crippen LogP contribution >= 0.6 is 11.8 Å². The Labute approximate surface area is 180 Å². The number of carbonyl (C=O) groups excluding carboxylic acids is 1. The minimum absolute atomic E-state index is 0.0798. The Hall–Kier alpha value is -2.51. The molecule has 4 rings (SSSR count). The number of benzene rings is 2. The number of hydrogen-bond donors (Lipinski definition) is 1. The summed E-state index contributed by atoms with van der Waals surface area (Å²) < 4.78 is 15.4. The molecule has 0 unspecified atom stereocenters. The van der Waals surface area contributed by atoms with E-state index < -0.39 is 0 Å². The zero-order valence-electron chi connectivity index (χ0n) is 17.5. The number of fused-ring (bicyclic) bond motifs is 1. The molecule has 3 aromatic rings. The number of nitrogens with zero attached hydrogens (tertiary/aromatic N) is 3. The second-order valence-electron chi connectivity index (χ2n) is 8.00. The highest BCUT2D eigenvalue weighted by Crippen LogP contribution is 2.27. The summed E-state index contributed by atoms with van der Waals surface area (Å²) in [5.41, 5.74) is 4.20. The van der Waals surface area contributed by atoms with Crippen LogP contribution in [0.5, 0.6) is 0 Å². The lowest BCUT2D eigenvalue weighted by Crippen LogP contribution is -3.05. The average molecular weight is 426 g/mol. The second kappa shape index (κ2) is 8.70. The van der Waals surface area contributed by atoms with Crippen molar-refractivity contribution in [1.82, 2.24) is 14.8 Å².